The van der Waals surface area contributed by atoms with Crippen LogP contribution in [0.15, 0.2) is 16.3 Å². The van der Waals surface area contributed by atoms with Crippen LogP contribution in [0, 0.1) is 0 Å². The molecule has 0 aliphatic carbocycles. The fraction of sp³-hybridized carbons (Fsp3) is 0.571. The number of carbonyl (C=O) groups is 2. The van der Waals surface area contributed by atoms with Crippen molar-refractivity contribution in [1.82, 2.24) is 14.9 Å². The van der Waals surface area contributed by atoms with E-state index in [1.807, 2.05) is 20.8 Å². The summed E-state index contributed by atoms with van der Waals surface area (Å²) in [6, 6.07) is 2.09. The van der Waals surface area contributed by atoms with Crippen LogP contribution in [0.4, 0.5) is 0 Å². The first-order valence-electron chi connectivity index (χ1n) is 7.16. The summed E-state index contributed by atoms with van der Waals surface area (Å²) in [7, 11) is -2.50. The third-order valence-electron chi connectivity index (χ3n) is 2.85. The van der Waals surface area contributed by atoms with Crippen molar-refractivity contribution in [2.24, 2.45) is 0 Å². The molecule has 0 aliphatic heterocycles. The minimum absolute atomic E-state index is 0.0568. The molecule has 0 saturated carbocycles. The van der Waals surface area contributed by atoms with Crippen molar-refractivity contribution in [2.75, 3.05) is 13.6 Å². The van der Waals surface area contributed by atoms with Gasteiger partial charge in [0.1, 0.15) is 10.3 Å². The number of sulfonamides is 1. The van der Waals surface area contributed by atoms with Crippen molar-refractivity contribution in [3.05, 3.63) is 16.5 Å². The number of amides is 2. The molecule has 1 unspecified atom stereocenters. The van der Waals surface area contributed by atoms with Gasteiger partial charge in [-0.2, -0.15) is 4.31 Å². The monoisotopic (exact) mass is 395 g/mol. The lowest BCUT2D eigenvalue weighted by atomic mass is 10.1. The number of halogens is 1. The highest BCUT2D eigenvalue weighted by Gasteiger charge is 2.26. The molecule has 1 heterocycles. The average Bonchev–Trinajstić information content (AvgIpc) is 2.83. The van der Waals surface area contributed by atoms with E-state index in [1.54, 1.807) is 0 Å². The zero-order valence-corrected chi connectivity index (χ0v) is 16.6. The number of nitrogens with one attached hydrogen (secondary N) is 2. The molecule has 0 spiro atoms. The van der Waals surface area contributed by atoms with Gasteiger partial charge in [-0.3, -0.25) is 9.59 Å². The fourth-order valence-electron chi connectivity index (χ4n) is 1.71. The third-order valence-corrected chi connectivity index (χ3v) is 6.35. The van der Waals surface area contributed by atoms with Crippen LogP contribution < -0.4 is 10.6 Å². The van der Waals surface area contributed by atoms with E-state index < -0.39 is 34.1 Å². The predicted octanol–water partition coefficient (Wildman–Crippen LogP) is 1.44. The van der Waals surface area contributed by atoms with Gasteiger partial charge in [-0.15, -0.1) is 11.3 Å². The quantitative estimate of drug-likeness (QED) is 0.761. The summed E-state index contributed by atoms with van der Waals surface area (Å²) in [5.41, 5.74) is -0.422. The minimum atomic E-state index is -3.79. The van der Waals surface area contributed by atoms with Gasteiger partial charge < -0.3 is 10.6 Å². The highest BCUT2D eigenvalue weighted by Crippen LogP contribution is 2.27. The Morgan fingerprint density at radius 2 is 1.92 bits per heavy atom. The number of thiophene rings is 1. The zero-order valence-electron chi connectivity index (χ0n) is 14.2. The van der Waals surface area contributed by atoms with Crippen molar-refractivity contribution in [3.63, 3.8) is 0 Å². The highest BCUT2D eigenvalue weighted by atomic mass is 35.5. The molecule has 10 heteroatoms. The predicted molar refractivity (Wildman–Crippen MR) is 94.6 cm³/mol. The van der Waals surface area contributed by atoms with E-state index in [2.05, 4.69) is 10.6 Å². The van der Waals surface area contributed by atoms with E-state index in [4.69, 9.17) is 11.6 Å². The molecule has 0 radical (unpaired) electrons. The average molecular weight is 396 g/mol. The second kappa shape index (κ2) is 7.81. The second-order valence-electron chi connectivity index (χ2n) is 6.35. The fourth-order valence-corrected chi connectivity index (χ4v) is 4.53. The van der Waals surface area contributed by atoms with Crippen molar-refractivity contribution in [1.29, 1.82) is 0 Å². The Kier molecular flexibility index (Phi) is 6.80. The molecule has 7 nitrogen and oxygen atoms in total. The van der Waals surface area contributed by atoms with Crippen molar-refractivity contribution >= 4 is 44.8 Å². The van der Waals surface area contributed by atoms with Crippen molar-refractivity contribution in [2.45, 2.75) is 43.5 Å². The zero-order chi connectivity index (χ0) is 18.7. The van der Waals surface area contributed by atoms with Gasteiger partial charge in [0.05, 0.1) is 10.9 Å². The van der Waals surface area contributed by atoms with Crippen LogP contribution in [0.3, 0.4) is 0 Å². The molecule has 2 N–H and O–H groups in total. The van der Waals surface area contributed by atoms with Gasteiger partial charge in [0.2, 0.25) is 11.8 Å². The number of nitrogens with zero attached hydrogens (tertiary/aromatic N) is 1. The molecular weight excluding hydrogens is 374 g/mol. The number of hydrogen-bond donors (Lipinski definition) is 2. The number of rotatable bonds is 6. The maximum absolute atomic E-state index is 12.3. The van der Waals surface area contributed by atoms with Gasteiger partial charge >= 0.3 is 0 Å². The number of likely N-dealkylation sites (N-methyl/N-ethyl adjacent to an activating group) is 1. The molecule has 24 heavy (non-hydrogen) atoms. The Labute approximate surface area is 151 Å². The molecular formula is C14H22ClN3O4S2. The Morgan fingerprint density at radius 1 is 1.33 bits per heavy atom. The summed E-state index contributed by atoms with van der Waals surface area (Å²) in [5, 5.41) is 5.22. The maximum Gasteiger partial charge on any atom is 0.252 e. The van der Waals surface area contributed by atoms with Crippen LogP contribution in [-0.2, 0) is 19.6 Å². The van der Waals surface area contributed by atoms with E-state index in [0.717, 1.165) is 15.6 Å². The Morgan fingerprint density at radius 3 is 2.38 bits per heavy atom. The summed E-state index contributed by atoms with van der Waals surface area (Å²) in [5.74, 6) is -0.910. The molecule has 0 fully saturated rings. The topological polar surface area (TPSA) is 95.6 Å². The van der Waals surface area contributed by atoms with Gasteiger partial charge in [-0.1, -0.05) is 11.6 Å². The van der Waals surface area contributed by atoms with E-state index in [-0.39, 0.29) is 10.1 Å². The smallest absolute Gasteiger partial charge is 0.252 e. The van der Waals surface area contributed by atoms with Crippen LogP contribution in [0.2, 0.25) is 4.34 Å². The van der Waals surface area contributed by atoms with Gasteiger partial charge in [-0.05, 0) is 39.8 Å². The van der Waals surface area contributed by atoms with Crippen molar-refractivity contribution in [3.8, 4) is 0 Å². The molecule has 0 saturated heterocycles. The molecule has 1 aromatic rings. The third kappa shape index (κ3) is 6.04. The Hall–Kier alpha value is -1.16. The maximum atomic E-state index is 12.3. The van der Waals surface area contributed by atoms with Crippen LogP contribution >= 0.6 is 22.9 Å². The summed E-state index contributed by atoms with van der Waals surface area (Å²) in [6.07, 6.45) is 0. The van der Waals surface area contributed by atoms with Gasteiger partial charge in [0, 0.05) is 12.6 Å². The largest absolute Gasteiger partial charge is 0.350 e. The van der Waals surface area contributed by atoms with Crippen LogP contribution in [0.25, 0.3) is 0 Å². The second-order valence-corrected chi connectivity index (χ2v) is 10.3. The summed E-state index contributed by atoms with van der Waals surface area (Å²) < 4.78 is 25.9. The molecule has 0 aromatic carbocycles. The summed E-state index contributed by atoms with van der Waals surface area (Å²) in [4.78, 5) is 23.9. The normalized spacial score (nSPS) is 13.6. The highest BCUT2D eigenvalue weighted by molar-refractivity contribution is 7.91. The van der Waals surface area contributed by atoms with Crippen LogP contribution in [-0.4, -0.2) is 49.7 Å². The lowest BCUT2D eigenvalue weighted by molar-refractivity contribution is -0.129. The number of hydrogen-bond acceptors (Lipinski definition) is 5. The molecule has 0 aliphatic rings. The van der Waals surface area contributed by atoms with Gasteiger partial charge in [-0.25, -0.2) is 8.42 Å². The van der Waals surface area contributed by atoms with E-state index in [1.165, 1.54) is 26.1 Å². The summed E-state index contributed by atoms with van der Waals surface area (Å²) >= 11 is 6.66. The summed E-state index contributed by atoms with van der Waals surface area (Å²) in [6.45, 7) is 6.61. The molecule has 1 aromatic heterocycles. The van der Waals surface area contributed by atoms with Crippen molar-refractivity contribution < 1.29 is 18.0 Å². The van der Waals surface area contributed by atoms with E-state index in [0.29, 0.717) is 4.34 Å². The van der Waals surface area contributed by atoms with Crippen LogP contribution in [0.1, 0.15) is 27.7 Å². The van der Waals surface area contributed by atoms with Crippen LogP contribution in [0.5, 0.6) is 0 Å². The van der Waals surface area contributed by atoms with E-state index >= 15 is 0 Å². The molecule has 136 valence electrons. The first kappa shape index (κ1) is 20.9. The lowest BCUT2D eigenvalue weighted by Crippen LogP contribution is -2.52. The first-order chi connectivity index (χ1) is 10.8. The van der Waals surface area contributed by atoms with E-state index in [9.17, 15) is 18.0 Å². The Bertz CT molecular complexity index is 710. The lowest BCUT2D eigenvalue weighted by Gasteiger charge is -2.24. The molecule has 1 atom stereocenters. The van der Waals surface area contributed by atoms with Gasteiger partial charge in [0.15, 0.2) is 0 Å². The molecule has 1 rings (SSSR count). The molecule has 2 amide bonds. The Balaban J connectivity index is 2.66. The number of carbonyl (C=O) groups excluding carboxylic acids is 2. The standard InChI is InChI=1S/C14H22ClN3O4S2/c1-9(13(20)17-14(2,3)4)16-11(19)8-18(5)24(21,22)12-7-6-10(15)23-12/h6-7,9H,8H2,1-5H3,(H,16,19)(H,17,20). The molecule has 0 bridgehead atoms. The first-order valence-corrected chi connectivity index (χ1v) is 9.79. The minimum Gasteiger partial charge on any atom is -0.350 e. The van der Waals surface area contributed by atoms with Gasteiger partial charge in [0.25, 0.3) is 10.0 Å². The SMILES string of the molecule is CC(NC(=O)CN(C)S(=O)(=O)c1ccc(Cl)s1)C(=O)NC(C)(C)C.